The number of hydrogen-bond acceptors (Lipinski definition) is 4. The van der Waals surface area contributed by atoms with E-state index in [1.807, 2.05) is 61.5 Å². The monoisotopic (exact) mass is 386 g/mol. The minimum atomic E-state index is -0.416. The number of rotatable bonds is 5. The fraction of sp³-hybridized carbons (Fsp3) is 0.174. The van der Waals surface area contributed by atoms with Crippen molar-refractivity contribution >= 4 is 17.4 Å². The third-order valence-corrected chi connectivity index (χ3v) is 4.61. The van der Waals surface area contributed by atoms with Gasteiger partial charge in [-0.2, -0.15) is 5.10 Å². The van der Waals surface area contributed by atoms with E-state index in [9.17, 15) is 9.90 Å². The van der Waals surface area contributed by atoms with Crippen LogP contribution in [0.25, 0.3) is 16.9 Å². The third kappa shape index (κ3) is 4.17. The summed E-state index contributed by atoms with van der Waals surface area (Å²) in [6, 6.07) is 20.8. The number of aromatic nitrogens is 3. The Morgan fingerprint density at radius 3 is 2.52 bits per heavy atom. The molecule has 0 aliphatic carbocycles. The molecule has 2 aromatic heterocycles. The van der Waals surface area contributed by atoms with E-state index in [2.05, 4.69) is 15.4 Å². The van der Waals surface area contributed by atoms with Crippen molar-refractivity contribution in [1.82, 2.24) is 14.6 Å². The molecule has 0 saturated carbocycles. The van der Waals surface area contributed by atoms with Gasteiger partial charge in [0.2, 0.25) is 0 Å². The first kappa shape index (κ1) is 18.8. The van der Waals surface area contributed by atoms with Gasteiger partial charge in [-0.25, -0.2) is 9.50 Å². The second kappa shape index (κ2) is 7.85. The van der Waals surface area contributed by atoms with E-state index in [1.54, 1.807) is 23.6 Å². The van der Waals surface area contributed by atoms with Crippen LogP contribution < -0.4 is 5.32 Å². The average molecular weight is 386 g/mol. The van der Waals surface area contributed by atoms with Crippen molar-refractivity contribution < 1.29 is 9.90 Å². The van der Waals surface area contributed by atoms with E-state index in [-0.39, 0.29) is 5.91 Å². The lowest BCUT2D eigenvalue weighted by atomic mass is 10.1. The maximum atomic E-state index is 12.7. The van der Waals surface area contributed by atoms with Gasteiger partial charge < -0.3 is 10.4 Å². The number of carbonyl (C=O) groups is 1. The number of nitrogens with one attached hydrogen (secondary N) is 1. The quantitative estimate of drug-likeness (QED) is 0.546. The number of aliphatic hydroxyl groups is 1. The normalized spacial score (nSPS) is 12.1. The lowest BCUT2D eigenvalue weighted by Crippen LogP contribution is -2.14. The second-order valence-corrected chi connectivity index (χ2v) is 7.15. The summed E-state index contributed by atoms with van der Waals surface area (Å²) in [6.45, 7) is 3.65. The molecule has 0 spiro atoms. The number of carbonyl (C=O) groups excluding carboxylic acids is 1. The SMILES string of the molecule is Cc1cc2nc(NC(=O)c3ccc(CC(C)O)cc3)cc(-c3ccccc3)n2n1. The van der Waals surface area contributed by atoms with Gasteiger partial charge in [0, 0.05) is 23.3 Å². The van der Waals surface area contributed by atoms with Gasteiger partial charge in [-0.05, 0) is 38.0 Å². The van der Waals surface area contributed by atoms with Gasteiger partial charge in [0.25, 0.3) is 5.91 Å². The summed E-state index contributed by atoms with van der Waals surface area (Å²) < 4.78 is 1.78. The predicted octanol–water partition coefficient (Wildman–Crippen LogP) is 3.88. The summed E-state index contributed by atoms with van der Waals surface area (Å²) >= 11 is 0. The number of benzene rings is 2. The summed E-state index contributed by atoms with van der Waals surface area (Å²) in [7, 11) is 0. The molecule has 2 aromatic carbocycles. The van der Waals surface area contributed by atoms with Gasteiger partial charge in [0.1, 0.15) is 5.82 Å². The highest BCUT2D eigenvalue weighted by Crippen LogP contribution is 2.23. The first-order valence-electron chi connectivity index (χ1n) is 9.51. The van der Waals surface area contributed by atoms with E-state index in [0.29, 0.717) is 23.4 Å². The lowest BCUT2D eigenvalue weighted by Gasteiger charge is -2.10. The van der Waals surface area contributed by atoms with Crippen LogP contribution in [0.4, 0.5) is 5.82 Å². The molecule has 0 aliphatic heterocycles. The fourth-order valence-corrected chi connectivity index (χ4v) is 3.29. The largest absolute Gasteiger partial charge is 0.393 e. The Morgan fingerprint density at radius 1 is 1.10 bits per heavy atom. The lowest BCUT2D eigenvalue weighted by molar-refractivity contribution is 0.102. The number of amides is 1. The molecule has 146 valence electrons. The van der Waals surface area contributed by atoms with Crippen LogP contribution in [0.2, 0.25) is 0 Å². The van der Waals surface area contributed by atoms with Crippen LogP contribution >= 0.6 is 0 Å². The fourth-order valence-electron chi connectivity index (χ4n) is 3.29. The maximum absolute atomic E-state index is 12.7. The van der Waals surface area contributed by atoms with Gasteiger partial charge in [-0.3, -0.25) is 4.79 Å². The van der Waals surface area contributed by atoms with Crippen LogP contribution in [-0.2, 0) is 6.42 Å². The Bertz CT molecular complexity index is 1150. The molecule has 1 unspecified atom stereocenters. The first-order valence-corrected chi connectivity index (χ1v) is 9.51. The Hall–Kier alpha value is -3.51. The smallest absolute Gasteiger partial charge is 0.256 e. The molecule has 0 fully saturated rings. The standard InChI is InChI=1S/C23H22N4O2/c1-15-12-22-24-21(14-20(27(22)26-15)18-6-4-3-5-7-18)25-23(29)19-10-8-17(9-11-19)13-16(2)28/h3-12,14,16,28H,13H2,1-2H3,(H,24,25,29). The molecule has 4 aromatic rings. The van der Waals surface area contributed by atoms with Crippen LogP contribution in [0.5, 0.6) is 0 Å². The number of aliphatic hydroxyl groups excluding tert-OH is 1. The third-order valence-electron chi connectivity index (χ3n) is 4.61. The van der Waals surface area contributed by atoms with Gasteiger partial charge >= 0.3 is 0 Å². The summed E-state index contributed by atoms with van der Waals surface area (Å²) in [5.74, 6) is 0.231. The van der Waals surface area contributed by atoms with Crippen molar-refractivity contribution in [1.29, 1.82) is 0 Å². The Labute approximate surface area is 168 Å². The van der Waals surface area contributed by atoms with Crippen molar-refractivity contribution in [2.24, 2.45) is 0 Å². The van der Waals surface area contributed by atoms with Crippen molar-refractivity contribution in [3.8, 4) is 11.3 Å². The summed E-state index contributed by atoms with van der Waals surface area (Å²) in [5, 5.41) is 16.9. The second-order valence-electron chi connectivity index (χ2n) is 7.15. The van der Waals surface area contributed by atoms with Crippen molar-refractivity contribution in [3.63, 3.8) is 0 Å². The van der Waals surface area contributed by atoms with Crippen LogP contribution in [0, 0.1) is 6.92 Å². The molecular formula is C23H22N4O2. The Balaban J connectivity index is 1.65. The molecule has 0 saturated heterocycles. The van der Waals surface area contributed by atoms with Gasteiger partial charge in [-0.1, -0.05) is 42.5 Å². The summed E-state index contributed by atoms with van der Waals surface area (Å²) in [5.41, 5.74) is 4.88. The molecule has 2 heterocycles. The zero-order valence-corrected chi connectivity index (χ0v) is 16.3. The average Bonchev–Trinajstić information content (AvgIpc) is 3.08. The molecule has 0 bridgehead atoms. The Morgan fingerprint density at radius 2 is 1.83 bits per heavy atom. The van der Waals surface area contributed by atoms with Crippen LogP contribution in [-0.4, -0.2) is 31.7 Å². The highest BCUT2D eigenvalue weighted by molar-refractivity contribution is 6.04. The minimum Gasteiger partial charge on any atom is -0.393 e. The number of nitrogens with zero attached hydrogens (tertiary/aromatic N) is 3. The molecule has 6 heteroatoms. The molecule has 6 nitrogen and oxygen atoms in total. The highest BCUT2D eigenvalue weighted by Gasteiger charge is 2.13. The predicted molar refractivity (Wildman–Crippen MR) is 113 cm³/mol. The minimum absolute atomic E-state index is 0.235. The maximum Gasteiger partial charge on any atom is 0.256 e. The molecule has 4 rings (SSSR count). The van der Waals surface area contributed by atoms with Crippen molar-refractivity contribution in [2.45, 2.75) is 26.4 Å². The number of aryl methyl sites for hydroxylation is 1. The zero-order chi connectivity index (χ0) is 20.4. The van der Waals surface area contributed by atoms with E-state index >= 15 is 0 Å². The first-order chi connectivity index (χ1) is 14.0. The van der Waals surface area contributed by atoms with Crippen molar-refractivity contribution in [3.05, 3.63) is 83.6 Å². The van der Waals surface area contributed by atoms with E-state index < -0.39 is 6.10 Å². The highest BCUT2D eigenvalue weighted by atomic mass is 16.3. The molecular weight excluding hydrogens is 364 g/mol. The van der Waals surface area contributed by atoms with E-state index in [4.69, 9.17) is 0 Å². The van der Waals surface area contributed by atoms with E-state index in [0.717, 1.165) is 22.5 Å². The molecule has 2 N–H and O–H groups in total. The van der Waals surface area contributed by atoms with Crippen LogP contribution in [0.15, 0.2) is 66.7 Å². The summed E-state index contributed by atoms with van der Waals surface area (Å²) in [4.78, 5) is 17.3. The summed E-state index contributed by atoms with van der Waals surface area (Å²) in [6.07, 6.45) is 0.141. The molecule has 1 atom stereocenters. The van der Waals surface area contributed by atoms with Gasteiger partial charge in [0.05, 0.1) is 17.5 Å². The number of anilines is 1. The molecule has 0 radical (unpaired) electrons. The van der Waals surface area contributed by atoms with Crippen molar-refractivity contribution in [2.75, 3.05) is 5.32 Å². The molecule has 29 heavy (non-hydrogen) atoms. The Kier molecular flexibility index (Phi) is 5.10. The van der Waals surface area contributed by atoms with Gasteiger partial charge in [-0.15, -0.1) is 0 Å². The van der Waals surface area contributed by atoms with Gasteiger partial charge in [0.15, 0.2) is 5.65 Å². The number of hydrogen-bond donors (Lipinski definition) is 2. The van der Waals surface area contributed by atoms with Crippen LogP contribution in [0.1, 0.15) is 28.5 Å². The topological polar surface area (TPSA) is 79.5 Å². The number of fused-ring (bicyclic) bond motifs is 1. The zero-order valence-electron chi connectivity index (χ0n) is 16.3. The molecule has 0 aliphatic rings. The van der Waals surface area contributed by atoms with E-state index in [1.165, 1.54) is 0 Å². The van der Waals surface area contributed by atoms with Crippen LogP contribution in [0.3, 0.4) is 0 Å². The molecule has 1 amide bonds.